The van der Waals surface area contributed by atoms with Crippen LogP contribution in [-0.4, -0.2) is 19.1 Å². The van der Waals surface area contributed by atoms with Crippen molar-refractivity contribution in [2.24, 2.45) is 0 Å². The number of allylic oxidation sites excluding steroid dienone is 3. The van der Waals surface area contributed by atoms with Gasteiger partial charge in [-0.3, -0.25) is 4.79 Å². The second kappa shape index (κ2) is 10.6. The quantitative estimate of drug-likeness (QED) is 0.560. The highest BCUT2D eigenvalue weighted by Gasteiger charge is 2.11. The van der Waals surface area contributed by atoms with Gasteiger partial charge in [-0.15, -0.1) is 0 Å². The van der Waals surface area contributed by atoms with Gasteiger partial charge in [0.1, 0.15) is 5.76 Å². The predicted octanol–water partition coefficient (Wildman–Crippen LogP) is 2.42. The minimum Gasteiger partial charge on any atom is -0.481 e. The Balaban J connectivity index is 0. The van der Waals surface area contributed by atoms with E-state index < -0.39 is 6.10 Å². The largest absolute Gasteiger partial charge is 0.481 e. The molecule has 15 heavy (non-hydrogen) atoms. The highest BCUT2D eigenvalue weighted by molar-refractivity contribution is 5.80. The summed E-state index contributed by atoms with van der Waals surface area (Å²) in [6.07, 6.45) is 4.23. The third kappa shape index (κ3) is 7.55. The molecule has 1 amide bonds. The molecule has 0 aliphatic heterocycles. The maximum atomic E-state index is 11.0. The Hall–Kier alpha value is -1.51. The molecular formula is C12H21NO2. The fourth-order valence-corrected chi connectivity index (χ4v) is 0.732. The summed E-state index contributed by atoms with van der Waals surface area (Å²) < 4.78 is 5.25. The molecule has 0 radical (unpaired) electrons. The minimum atomic E-state index is -0.519. The van der Waals surface area contributed by atoms with Crippen LogP contribution in [0, 0.1) is 0 Å². The topological polar surface area (TPSA) is 38.3 Å². The molecule has 0 heterocycles. The number of hydrogen-bond donors (Lipinski definition) is 1. The molecule has 0 spiro atoms. The van der Waals surface area contributed by atoms with Crippen LogP contribution < -0.4 is 5.32 Å². The number of amides is 1. The predicted molar refractivity (Wildman–Crippen MR) is 64.4 cm³/mol. The Morgan fingerprint density at radius 2 is 1.93 bits per heavy atom. The van der Waals surface area contributed by atoms with Crippen LogP contribution in [0.2, 0.25) is 0 Å². The van der Waals surface area contributed by atoms with E-state index in [0.717, 1.165) is 0 Å². The van der Waals surface area contributed by atoms with Crippen LogP contribution in [0.3, 0.4) is 0 Å². The lowest BCUT2D eigenvalue weighted by Crippen LogP contribution is -2.31. The lowest BCUT2D eigenvalue weighted by molar-refractivity contribution is -0.128. The molecule has 0 bridgehead atoms. The lowest BCUT2D eigenvalue weighted by atomic mass is 10.3. The van der Waals surface area contributed by atoms with Gasteiger partial charge >= 0.3 is 0 Å². The minimum absolute atomic E-state index is 0.170. The molecule has 1 unspecified atom stereocenters. The molecular weight excluding hydrogens is 190 g/mol. The van der Waals surface area contributed by atoms with Crippen molar-refractivity contribution in [1.82, 2.24) is 5.32 Å². The lowest BCUT2D eigenvalue weighted by Gasteiger charge is -2.12. The van der Waals surface area contributed by atoms with E-state index in [9.17, 15) is 4.79 Å². The summed E-state index contributed by atoms with van der Waals surface area (Å²) in [5, 5.41) is 2.49. The van der Waals surface area contributed by atoms with Crippen molar-refractivity contribution in [3.05, 3.63) is 37.1 Å². The molecule has 0 aliphatic carbocycles. The van der Waals surface area contributed by atoms with E-state index in [4.69, 9.17) is 4.74 Å². The standard InChI is InChI=1S/C10H15NO2.C2H6/c1-5-7-9(6-2)13-8(3)10(12)11-4;1-2/h5-8H,1-2H2,3-4H3,(H,11,12);1-2H3/b9-7+;. The van der Waals surface area contributed by atoms with Crippen LogP contribution in [0.15, 0.2) is 37.1 Å². The van der Waals surface area contributed by atoms with Crippen LogP contribution in [0.4, 0.5) is 0 Å². The van der Waals surface area contributed by atoms with E-state index in [1.54, 1.807) is 26.1 Å². The first-order valence-electron chi connectivity index (χ1n) is 4.99. The van der Waals surface area contributed by atoms with Gasteiger partial charge in [-0.2, -0.15) is 0 Å². The first-order valence-corrected chi connectivity index (χ1v) is 4.99. The van der Waals surface area contributed by atoms with Gasteiger partial charge in [-0.05, 0) is 19.1 Å². The van der Waals surface area contributed by atoms with Gasteiger partial charge in [-0.25, -0.2) is 0 Å². The van der Waals surface area contributed by atoms with Crippen LogP contribution in [0.25, 0.3) is 0 Å². The number of nitrogens with one attached hydrogen (secondary N) is 1. The fraction of sp³-hybridized carbons (Fsp3) is 0.417. The van der Waals surface area contributed by atoms with Crippen molar-refractivity contribution >= 4 is 5.91 Å². The van der Waals surface area contributed by atoms with E-state index in [-0.39, 0.29) is 5.91 Å². The van der Waals surface area contributed by atoms with Crippen molar-refractivity contribution in [1.29, 1.82) is 0 Å². The van der Waals surface area contributed by atoms with Gasteiger partial charge in [0, 0.05) is 7.05 Å². The fourth-order valence-electron chi connectivity index (χ4n) is 0.732. The Kier molecular flexibility index (Phi) is 11.2. The molecule has 1 N–H and O–H groups in total. The van der Waals surface area contributed by atoms with Crippen molar-refractivity contribution in [3.8, 4) is 0 Å². The molecule has 3 nitrogen and oxygen atoms in total. The summed E-state index contributed by atoms with van der Waals surface area (Å²) in [6.45, 7) is 12.7. The van der Waals surface area contributed by atoms with Crippen LogP contribution in [0.1, 0.15) is 20.8 Å². The van der Waals surface area contributed by atoms with Gasteiger partial charge in [0.25, 0.3) is 5.91 Å². The third-order valence-electron chi connectivity index (χ3n) is 1.41. The summed E-state index contributed by atoms with van der Waals surface area (Å²) in [4.78, 5) is 11.0. The molecule has 0 aromatic carbocycles. The molecule has 0 saturated heterocycles. The van der Waals surface area contributed by atoms with Gasteiger partial charge in [0.2, 0.25) is 0 Å². The zero-order valence-corrected chi connectivity index (χ0v) is 10.0. The monoisotopic (exact) mass is 211 g/mol. The zero-order chi connectivity index (χ0) is 12.3. The molecule has 0 rings (SSSR count). The molecule has 0 fully saturated rings. The summed E-state index contributed by atoms with van der Waals surface area (Å²) >= 11 is 0. The second-order valence-corrected chi connectivity index (χ2v) is 2.38. The summed E-state index contributed by atoms with van der Waals surface area (Å²) in [7, 11) is 1.56. The average Bonchev–Trinajstić information content (AvgIpc) is 2.29. The summed E-state index contributed by atoms with van der Waals surface area (Å²) in [6, 6.07) is 0. The molecule has 0 aromatic heterocycles. The average molecular weight is 211 g/mol. The molecule has 3 heteroatoms. The maximum Gasteiger partial charge on any atom is 0.260 e. The first-order chi connectivity index (χ1) is 7.15. The smallest absolute Gasteiger partial charge is 0.260 e. The van der Waals surface area contributed by atoms with Gasteiger partial charge in [0.05, 0.1) is 0 Å². The van der Waals surface area contributed by atoms with Gasteiger partial charge in [-0.1, -0.05) is 33.1 Å². The Morgan fingerprint density at radius 3 is 2.27 bits per heavy atom. The van der Waals surface area contributed by atoms with Crippen molar-refractivity contribution in [2.75, 3.05) is 7.05 Å². The maximum absolute atomic E-state index is 11.0. The Morgan fingerprint density at radius 1 is 1.40 bits per heavy atom. The number of carbonyl (C=O) groups excluding carboxylic acids is 1. The van der Waals surface area contributed by atoms with Crippen LogP contribution in [-0.2, 0) is 9.53 Å². The highest BCUT2D eigenvalue weighted by atomic mass is 16.5. The molecule has 86 valence electrons. The third-order valence-corrected chi connectivity index (χ3v) is 1.41. The summed E-state index contributed by atoms with van der Waals surface area (Å²) in [5.74, 6) is 0.364. The molecule has 0 saturated carbocycles. The van der Waals surface area contributed by atoms with E-state index in [1.165, 1.54) is 6.08 Å². The zero-order valence-electron chi connectivity index (χ0n) is 10.0. The van der Waals surface area contributed by atoms with Crippen molar-refractivity contribution in [2.45, 2.75) is 26.9 Å². The highest BCUT2D eigenvalue weighted by Crippen LogP contribution is 2.03. The second-order valence-electron chi connectivity index (χ2n) is 2.38. The number of likely N-dealkylation sites (N-methyl/N-ethyl adjacent to an activating group) is 1. The van der Waals surface area contributed by atoms with Gasteiger partial charge < -0.3 is 10.1 Å². The van der Waals surface area contributed by atoms with Crippen LogP contribution >= 0.6 is 0 Å². The molecule has 0 aliphatic rings. The molecule has 1 atom stereocenters. The van der Waals surface area contributed by atoms with Crippen LogP contribution in [0.5, 0.6) is 0 Å². The van der Waals surface area contributed by atoms with Gasteiger partial charge in [0.15, 0.2) is 6.10 Å². The van der Waals surface area contributed by atoms with E-state index in [0.29, 0.717) is 5.76 Å². The Bertz CT molecular complexity index is 232. The number of ether oxygens (including phenoxy) is 1. The number of hydrogen-bond acceptors (Lipinski definition) is 2. The van der Waals surface area contributed by atoms with E-state index in [2.05, 4.69) is 18.5 Å². The first kappa shape index (κ1) is 15.9. The van der Waals surface area contributed by atoms with Crippen molar-refractivity contribution in [3.63, 3.8) is 0 Å². The summed E-state index contributed by atoms with van der Waals surface area (Å²) in [5.41, 5.74) is 0. The van der Waals surface area contributed by atoms with E-state index >= 15 is 0 Å². The van der Waals surface area contributed by atoms with E-state index in [1.807, 2.05) is 13.8 Å². The SMILES string of the molecule is C=C/C=C(\C=C)OC(C)C(=O)NC.CC. The van der Waals surface area contributed by atoms with Crippen molar-refractivity contribution < 1.29 is 9.53 Å². The Labute approximate surface area is 92.5 Å². The normalized spacial score (nSPS) is 11.6. The molecule has 0 aromatic rings. The number of rotatable bonds is 5. The number of carbonyl (C=O) groups is 1.